The lowest BCUT2D eigenvalue weighted by Crippen LogP contribution is -2.45. The number of aryl methyl sites for hydroxylation is 1. The van der Waals surface area contributed by atoms with Gasteiger partial charge in [-0.3, -0.25) is 14.5 Å². The Labute approximate surface area is 208 Å². The molecule has 1 atom stereocenters. The molecule has 1 N–H and O–H groups in total. The Bertz CT molecular complexity index is 1290. The molecule has 180 valence electrons. The number of aromatic nitrogens is 1. The number of imide groups is 1. The number of carbonyl (C=O) groups excluding carboxylic acids is 3. The number of urea groups is 1. The molecule has 2 aliphatic rings. The highest BCUT2D eigenvalue weighted by Gasteiger charge is 2.52. The monoisotopic (exact) mass is 488 g/mol. The molecule has 0 aliphatic carbocycles. The topological polar surface area (TPSA) is 82.6 Å². The Hall–Kier alpha value is -3.52. The summed E-state index contributed by atoms with van der Waals surface area (Å²) in [6.45, 7) is 4.27. The molecule has 3 heterocycles. The summed E-state index contributed by atoms with van der Waals surface area (Å²) in [4.78, 5) is 47.2. The van der Waals surface area contributed by atoms with E-state index in [0.717, 1.165) is 57.2 Å². The summed E-state index contributed by atoms with van der Waals surface area (Å²) in [6, 6.07) is 14.8. The fraction of sp³-hybridized carbons (Fsp3) is 0.333. The van der Waals surface area contributed by atoms with E-state index in [0.29, 0.717) is 13.0 Å². The fourth-order valence-electron chi connectivity index (χ4n) is 4.98. The third kappa shape index (κ3) is 4.12. The fourth-order valence-corrected chi connectivity index (χ4v) is 5.60. The van der Waals surface area contributed by atoms with Gasteiger partial charge in [0.05, 0.1) is 10.7 Å². The van der Waals surface area contributed by atoms with Crippen LogP contribution in [0.4, 0.5) is 10.5 Å². The molecular formula is C27H28N4O3S. The first-order chi connectivity index (χ1) is 16.9. The molecule has 7 nitrogen and oxygen atoms in total. The van der Waals surface area contributed by atoms with Crippen molar-refractivity contribution in [2.24, 2.45) is 0 Å². The Morgan fingerprint density at radius 2 is 1.97 bits per heavy atom. The maximum atomic E-state index is 13.6. The van der Waals surface area contributed by atoms with Gasteiger partial charge in [-0.05, 0) is 43.0 Å². The summed E-state index contributed by atoms with van der Waals surface area (Å²) in [7, 11) is 0. The number of benzene rings is 2. The number of nitrogens with zero attached hydrogens (tertiary/aromatic N) is 3. The highest BCUT2D eigenvalue weighted by Crippen LogP contribution is 2.36. The van der Waals surface area contributed by atoms with E-state index in [1.54, 1.807) is 16.2 Å². The first kappa shape index (κ1) is 23.2. The Morgan fingerprint density at radius 1 is 1.17 bits per heavy atom. The van der Waals surface area contributed by atoms with Gasteiger partial charge in [-0.25, -0.2) is 9.78 Å². The van der Waals surface area contributed by atoms with Crippen molar-refractivity contribution in [3.05, 3.63) is 70.0 Å². The average Bonchev–Trinajstić information content (AvgIpc) is 3.56. The van der Waals surface area contributed by atoms with Crippen LogP contribution in [0.25, 0.3) is 11.3 Å². The van der Waals surface area contributed by atoms with E-state index >= 15 is 0 Å². The lowest BCUT2D eigenvalue weighted by atomic mass is 9.85. The highest BCUT2D eigenvalue weighted by atomic mass is 32.1. The highest BCUT2D eigenvalue weighted by molar-refractivity contribution is 7.09. The van der Waals surface area contributed by atoms with Gasteiger partial charge in [-0.2, -0.15) is 0 Å². The molecule has 5 rings (SSSR count). The van der Waals surface area contributed by atoms with Crippen LogP contribution in [0.1, 0.15) is 42.3 Å². The van der Waals surface area contributed by atoms with E-state index in [4.69, 9.17) is 0 Å². The number of anilines is 1. The Kier molecular flexibility index (Phi) is 6.15. The van der Waals surface area contributed by atoms with Gasteiger partial charge in [0.2, 0.25) is 5.91 Å². The van der Waals surface area contributed by atoms with Crippen LogP contribution in [0.15, 0.2) is 53.9 Å². The number of fused-ring (bicyclic) bond motifs is 1. The van der Waals surface area contributed by atoms with Gasteiger partial charge in [0.1, 0.15) is 12.1 Å². The molecule has 0 saturated carbocycles. The second-order valence-corrected chi connectivity index (χ2v) is 10.1. The number of hydrogen-bond donors (Lipinski definition) is 1. The van der Waals surface area contributed by atoms with Crippen molar-refractivity contribution >= 4 is 34.9 Å². The molecule has 35 heavy (non-hydrogen) atoms. The van der Waals surface area contributed by atoms with E-state index in [9.17, 15) is 14.4 Å². The van der Waals surface area contributed by atoms with Gasteiger partial charge in [-0.1, -0.05) is 56.2 Å². The van der Waals surface area contributed by atoms with Crippen molar-refractivity contribution in [1.29, 1.82) is 0 Å². The lowest BCUT2D eigenvalue weighted by molar-refractivity contribution is -0.134. The van der Waals surface area contributed by atoms with E-state index in [1.165, 1.54) is 0 Å². The van der Waals surface area contributed by atoms with E-state index in [-0.39, 0.29) is 18.4 Å². The zero-order chi connectivity index (χ0) is 24.6. The minimum atomic E-state index is -1.13. The second-order valence-electron chi connectivity index (χ2n) is 9.09. The normalized spacial score (nSPS) is 19.3. The van der Waals surface area contributed by atoms with Gasteiger partial charge < -0.3 is 10.2 Å². The van der Waals surface area contributed by atoms with E-state index in [2.05, 4.69) is 16.4 Å². The summed E-state index contributed by atoms with van der Waals surface area (Å²) < 4.78 is 0. The van der Waals surface area contributed by atoms with Crippen LogP contribution in [0, 0.1) is 6.92 Å². The molecule has 1 saturated heterocycles. The van der Waals surface area contributed by atoms with Crippen molar-refractivity contribution in [3.63, 3.8) is 0 Å². The van der Waals surface area contributed by atoms with Crippen molar-refractivity contribution in [2.75, 3.05) is 18.0 Å². The first-order valence-electron chi connectivity index (χ1n) is 12.0. The van der Waals surface area contributed by atoms with Crippen LogP contribution >= 0.6 is 11.3 Å². The van der Waals surface area contributed by atoms with Crippen LogP contribution in [0.3, 0.4) is 0 Å². The molecule has 3 aromatic rings. The summed E-state index contributed by atoms with van der Waals surface area (Å²) in [6.07, 6.45) is 2.89. The Balaban J connectivity index is 1.36. The molecule has 2 aromatic carbocycles. The third-order valence-corrected chi connectivity index (χ3v) is 7.61. The number of unbranched alkanes of at least 4 members (excludes halogenated alkanes) is 1. The quantitative estimate of drug-likeness (QED) is 0.491. The molecule has 4 amide bonds. The number of amides is 4. The zero-order valence-electron chi connectivity index (χ0n) is 19.9. The summed E-state index contributed by atoms with van der Waals surface area (Å²) >= 11 is 1.61. The van der Waals surface area contributed by atoms with E-state index in [1.807, 2.05) is 61.7 Å². The van der Waals surface area contributed by atoms with Gasteiger partial charge in [-0.15, -0.1) is 11.3 Å². The van der Waals surface area contributed by atoms with Crippen molar-refractivity contribution in [1.82, 2.24) is 15.2 Å². The van der Waals surface area contributed by atoms with Gasteiger partial charge >= 0.3 is 6.03 Å². The van der Waals surface area contributed by atoms with Crippen molar-refractivity contribution in [3.8, 4) is 11.3 Å². The molecule has 0 radical (unpaired) electrons. The van der Waals surface area contributed by atoms with Gasteiger partial charge in [0, 0.05) is 23.2 Å². The van der Waals surface area contributed by atoms with Crippen LogP contribution in [-0.4, -0.2) is 40.8 Å². The minimum absolute atomic E-state index is 0.260. The van der Waals surface area contributed by atoms with E-state index < -0.39 is 11.6 Å². The Morgan fingerprint density at radius 3 is 2.69 bits per heavy atom. The van der Waals surface area contributed by atoms with Gasteiger partial charge in [0.15, 0.2) is 0 Å². The first-order valence-corrected chi connectivity index (χ1v) is 12.9. The summed E-state index contributed by atoms with van der Waals surface area (Å²) in [5.74, 6) is -0.618. The number of thiazole rings is 1. The molecular weight excluding hydrogens is 460 g/mol. The predicted octanol–water partition coefficient (Wildman–Crippen LogP) is 4.65. The maximum Gasteiger partial charge on any atom is 0.325 e. The number of rotatable bonds is 7. The summed E-state index contributed by atoms with van der Waals surface area (Å²) in [5, 5.41) is 5.96. The lowest BCUT2D eigenvalue weighted by Gasteiger charge is -2.27. The number of carbonyl (C=O) groups is 3. The molecule has 8 heteroatoms. The number of nitrogens with one attached hydrogen (secondary N) is 1. The van der Waals surface area contributed by atoms with Crippen LogP contribution in [-0.2, 0) is 21.5 Å². The van der Waals surface area contributed by atoms with Crippen molar-refractivity contribution in [2.45, 2.75) is 45.1 Å². The van der Waals surface area contributed by atoms with Crippen molar-refractivity contribution < 1.29 is 14.4 Å². The predicted molar refractivity (Wildman–Crippen MR) is 136 cm³/mol. The molecule has 1 unspecified atom stereocenters. The molecule has 1 fully saturated rings. The standard InChI is InChI=1S/C27H28N4O3S/c1-3-4-13-27(21-8-6-5-7-9-21)25(33)31(26(34)29-27)16-24(32)30-14-12-20-15-19(10-11-23(20)30)22-17-35-18(2)28-22/h5-11,15,17H,3-4,12-14,16H2,1-2H3,(H,29,34). The largest absolute Gasteiger partial charge is 0.325 e. The van der Waals surface area contributed by atoms with Crippen LogP contribution < -0.4 is 10.2 Å². The minimum Gasteiger partial charge on any atom is -0.319 e. The van der Waals surface area contributed by atoms with Crippen LogP contribution in [0.5, 0.6) is 0 Å². The number of hydrogen-bond acceptors (Lipinski definition) is 5. The SMILES string of the molecule is CCCCC1(c2ccccc2)NC(=O)N(CC(=O)N2CCc3cc(-c4csc(C)n4)ccc32)C1=O. The molecule has 0 bridgehead atoms. The maximum absolute atomic E-state index is 13.6. The van der Waals surface area contributed by atoms with Gasteiger partial charge in [0.25, 0.3) is 5.91 Å². The molecule has 1 aromatic heterocycles. The summed E-state index contributed by atoms with van der Waals surface area (Å²) in [5.41, 5.74) is 3.48. The smallest absolute Gasteiger partial charge is 0.319 e. The molecule has 2 aliphatic heterocycles. The third-order valence-electron chi connectivity index (χ3n) is 6.83. The van der Waals surface area contributed by atoms with Crippen LogP contribution in [0.2, 0.25) is 0 Å². The zero-order valence-corrected chi connectivity index (χ0v) is 20.7. The average molecular weight is 489 g/mol. The molecule has 0 spiro atoms. The second kappa shape index (κ2) is 9.26.